The molecule has 332 valence electrons. The molecule has 0 aliphatic rings. The van der Waals surface area contributed by atoms with E-state index in [1.807, 2.05) is 77.1 Å². The van der Waals surface area contributed by atoms with Gasteiger partial charge in [0.2, 0.25) is 0 Å². The number of nitro benzene ring substituents is 2. The zero-order chi connectivity index (χ0) is 44.9. The Labute approximate surface area is 558 Å². The molecule has 7 aromatic rings. The summed E-state index contributed by atoms with van der Waals surface area (Å²) in [6, 6.07) is 49.6. The maximum absolute atomic E-state index is 10.3. The van der Waals surface area contributed by atoms with Gasteiger partial charge >= 0.3 is 0 Å². The van der Waals surface area contributed by atoms with Crippen LogP contribution in [0.2, 0.25) is 15.1 Å². The summed E-state index contributed by atoms with van der Waals surface area (Å²) in [4.78, 5) is 19.7. The molecule has 0 saturated carbocycles. The molecule has 16 heteroatoms. The van der Waals surface area contributed by atoms with Crippen LogP contribution in [-0.4, -0.2) is 17.0 Å². The zero-order valence-electron chi connectivity index (χ0n) is 38.8. The Kier molecular flexibility index (Phi) is 47.5. The molecule has 0 spiro atoms. The second kappa shape index (κ2) is 41.4. The van der Waals surface area contributed by atoms with Gasteiger partial charge in [0.25, 0.3) is 0 Å². The third kappa shape index (κ3) is 30.7. The summed E-state index contributed by atoms with van der Waals surface area (Å²) in [6.45, 7) is 17.2. The van der Waals surface area contributed by atoms with Crippen LogP contribution >= 0.6 is 34.8 Å². The molecule has 0 bridgehead atoms. The second-order valence-electron chi connectivity index (χ2n) is 13.4. The van der Waals surface area contributed by atoms with Crippen molar-refractivity contribution in [1.82, 2.24) is 0 Å². The van der Waals surface area contributed by atoms with Gasteiger partial charge < -0.3 is 4.74 Å². The monoisotopic (exact) mass is 1390 g/mol. The van der Waals surface area contributed by atoms with E-state index in [9.17, 15) is 20.2 Å². The first-order valence-corrected chi connectivity index (χ1v) is 19.6. The van der Waals surface area contributed by atoms with Crippen LogP contribution in [0.4, 0.5) is 11.4 Å². The molecule has 7 nitrogen and oxygen atoms in total. The molecular formula is C50H47Cl3N2O5Y6-6. The van der Waals surface area contributed by atoms with Crippen LogP contribution in [0.15, 0.2) is 103 Å². The number of hydrogen-bond donors (Lipinski definition) is 0. The molecule has 0 aliphatic heterocycles. The van der Waals surface area contributed by atoms with Gasteiger partial charge in [0, 0.05) is 212 Å². The van der Waals surface area contributed by atoms with Crippen molar-refractivity contribution in [3.63, 3.8) is 0 Å². The van der Waals surface area contributed by atoms with E-state index in [1.54, 1.807) is 52.1 Å². The number of benzene rings is 7. The summed E-state index contributed by atoms with van der Waals surface area (Å²) in [5.74, 6) is 0.908. The molecule has 0 aromatic heterocycles. The number of ether oxygens (including phenoxy) is 1. The first-order chi connectivity index (χ1) is 28.3. The van der Waals surface area contributed by atoms with Crippen molar-refractivity contribution in [2.24, 2.45) is 0 Å². The summed E-state index contributed by atoms with van der Waals surface area (Å²) in [5.41, 5.74) is 8.96. The Morgan fingerprint density at radius 2 is 1.06 bits per heavy atom. The van der Waals surface area contributed by atoms with Crippen molar-refractivity contribution in [3.05, 3.63) is 225 Å². The number of fused-ring (bicyclic) bond motifs is 1. The van der Waals surface area contributed by atoms with Gasteiger partial charge in [0.05, 0.1) is 7.11 Å². The molecule has 0 N–H and O–H groups in total. The average Bonchev–Trinajstić information content (AvgIpc) is 3.20. The van der Waals surface area contributed by atoms with Gasteiger partial charge in [-0.25, -0.2) is 0 Å². The maximum Gasteiger partial charge on any atom is 0.166 e. The van der Waals surface area contributed by atoms with Crippen LogP contribution in [0.3, 0.4) is 0 Å². The fourth-order valence-corrected chi connectivity index (χ4v) is 5.48. The van der Waals surface area contributed by atoms with Gasteiger partial charge in [-0.2, -0.15) is 124 Å². The molecule has 0 heterocycles. The van der Waals surface area contributed by atoms with Crippen LogP contribution in [0.5, 0.6) is 5.75 Å². The molecule has 0 saturated heterocycles. The summed E-state index contributed by atoms with van der Waals surface area (Å²) >= 11 is 17.1. The Morgan fingerprint density at radius 3 is 1.53 bits per heavy atom. The van der Waals surface area contributed by atoms with E-state index in [1.165, 1.54) is 28.5 Å². The first-order valence-electron chi connectivity index (χ1n) is 18.5. The van der Waals surface area contributed by atoms with Crippen LogP contribution in [0, 0.1) is 119 Å². The molecule has 0 fully saturated rings. The van der Waals surface area contributed by atoms with E-state index in [0.717, 1.165) is 49.7 Å². The Hall–Kier alpha value is 0.893. The molecule has 66 heavy (non-hydrogen) atoms. The standard InChI is InChI=1S/C11H9.C9H11O.C8H8Cl.C8H8NO2.C7H5Cl2.C7H6NO2.6Y/c1-9-6-7-10-4-2-3-5-11(10)8-9;1-7-4-5-9(10-3)8(2)6-7;1-6-3-4-7(2)8(9)5-6;1-6-3-4-7(2)8(5-6)9(10)11;1-5-2-3-6(8)4-7(5)9;1-6-3-2-4-7(5-6)8(9)10;;;;;;/h2-7H,1H3;4-5H,1-3H3;3,5H,1-2H3;3-4H,1-2H3;3-4H,1H3;2,4-5H,1H3;;;;;;/q6*-1;;;;;;. The minimum atomic E-state index is -0.416. The number of halogens is 3. The van der Waals surface area contributed by atoms with E-state index in [2.05, 4.69) is 67.6 Å². The zero-order valence-corrected chi connectivity index (χ0v) is 58.1. The number of nitrogens with zero attached hydrogens (tertiary/aromatic N) is 2. The normalized spacial score (nSPS) is 8.80. The molecule has 6 radical (unpaired) electrons. The van der Waals surface area contributed by atoms with Gasteiger partial charge in [0.15, 0.2) is 11.4 Å². The second-order valence-corrected chi connectivity index (χ2v) is 14.7. The van der Waals surface area contributed by atoms with Gasteiger partial charge in [0.1, 0.15) is 0 Å². The minimum absolute atomic E-state index is 0. The van der Waals surface area contributed by atoms with Crippen molar-refractivity contribution >= 4 is 57.0 Å². The summed E-state index contributed by atoms with van der Waals surface area (Å²) in [5, 5.41) is 25.1. The van der Waals surface area contributed by atoms with Crippen LogP contribution in [0.25, 0.3) is 10.8 Å². The fourth-order valence-electron chi connectivity index (χ4n) is 4.86. The molecule has 0 amide bonds. The van der Waals surface area contributed by atoms with Crippen molar-refractivity contribution in [2.75, 3.05) is 7.11 Å². The van der Waals surface area contributed by atoms with E-state index in [4.69, 9.17) is 39.5 Å². The molecule has 7 aromatic carbocycles. The molecule has 0 aliphatic carbocycles. The fraction of sp³-hybridized carbons (Fsp3) is 0.200. The molecule has 0 atom stereocenters. The number of nitro groups is 2. The van der Waals surface area contributed by atoms with Crippen LogP contribution in [0.1, 0.15) is 50.1 Å². The first kappa shape index (κ1) is 75.8. The Morgan fingerprint density at radius 1 is 0.530 bits per heavy atom. The maximum atomic E-state index is 10.3. The predicted octanol–water partition coefficient (Wildman–Crippen LogP) is 14.6. The topological polar surface area (TPSA) is 95.5 Å². The van der Waals surface area contributed by atoms with Crippen LogP contribution in [-0.2, 0) is 196 Å². The van der Waals surface area contributed by atoms with Crippen molar-refractivity contribution in [1.29, 1.82) is 0 Å². The number of aryl methyl sites for hydroxylation is 9. The minimum Gasteiger partial charge on any atom is -0.554 e. The number of rotatable bonds is 3. The molecular weight excluding hydrogens is 1350 g/mol. The Balaban J connectivity index is -0.000000222. The van der Waals surface area contributed by atoms with Crippen molar-refractivity contribution in [2.45, 2.75) is 62.3 Å². The van der Waals surface area contributed by atoms with Gasteiger partial charge in [-0.1, -0.05) is 113 Å². The summed E-state index contributed by atoms with van der Waals surface area (Å²) < 4.78 is 5.07. The van der Waals surface area contributed by atoms with Gasteiger partial charge in [-0.05, 0) is 0 Å². The van der Waals surface area contributed by atoms with Crippen LogP contribution < -0.4 is 4.74 Å². The van der Waals surface area contributed by atoms with Gasteiger partial charge in [-0.15, -0.1) is 75.5 Å². The summed E-state index contributed by atoms with van der Waals surface area (Å²) in [7, 11) is 1.67. The van der Waals surface area contributed by atoms with Gasteiger partial charge in [-0.3, -0.25) is 20.2 Å². The third-order valence-electron chi connectivity index (χ3n) is 8.14. The van der Waals surface area contributed by atoms with E-state index < -0.39 is 9.85 Å². The van der Waals surface area contributed by atoms with E-state index in [-0.39, 0.29) is 208 Å². The quantitative estimate of drug-likeness (QED) is 0.0998. The predicted molar refractivity (Wildman–Crippen MR) is 247 cm³/mol. The van der Waals surface area contributed by atoms with E-state index in [0.29, 0.717) is 15.6 Å². The Bertz CT molecular complexity index is 2470. The van der Waals surface area contributed by atoms with E-state index >= 15 is 0 Å². The summed E-state index contributed by atoms with van der Waals surface area (Å²) in [6.07, 6.45) is 0. The average molecular weight is 1400 g/mol. The smallest absolute Gasteiger partial charge is 0.166 e. The molecule has 7 rings (SSSR count). The van der Waals surface area contributed by atoms with Crippen molar-refractivity contribution in [3.8, 4) is 5.75 Å². The largest absolute Gasteiger partial charge is 0.554 e. The third-order valence-corrected chi connectivity index (χ3v) is 9.14. The molecule has 0 unspecified atom stereocenters. The van der Waals surface area contributed by atoms with Crippen molar-refractivity contribution < 1.29 is 211 Å². The number of non-ortho nitro benzene ring substituents is 1. The number of methoxy groups -OCH3 is 1. The SMILES string of the molecule is COc1ccc(C)[c-]c1C.Cc1[c-]c([N+](=O)[O-])c(C)cc1.Cc1[c-]c2ccccc2cc1.Cc1[c-]cc(Cl)cc1Cl.Cc1[c-]ccc([N+](=O)[O-])c1.Cc1c[c-]c(C)c(Cl)c1.[Y].[Y].[Y].[Y].[Y].[Y]. The number of hydrogen-bond acceptors (Lipinski definition) is 5.